The molecule has 0 spiro atoms. The maximum Gasteiger partial charge on any atom is 0.417 e. The minimum Gasteiger partial charge on any atom is -0.354 e. The van der Waals surface area contributed by atoms with E-state index in [1.54, 1.807) is 0 Å². The van der Waals surface area contributed by atoms with Crippen molar-refractivity contribution >= 4 is 33.4 Å². The van der Waals surface area contributed by atoms with Crippen LogP contribution < -0.4 is 15.4 Å². The van der Waals surface area contributed by atoms with Crippen LogP contribution in [0.1, 0.15) is 22.3 Å². The molecule has 0 aliphatic carbocycles. The molecule has 0 aliphatic rings. The zero-order chi connectivity index (χ0) is 23.9. The number of halogens is 5. The molecule has 3 N–H and O–H groups in total. The van der Waals surface area contributed by atoms with Gasteiger partial charge in [0, 0.05) is 26.1 Å². The SMILES string of the molecule is O=C(CCNS(=O)(=O)c1ccc(Cl)c(C(F)(F)F)c1)NCCNC(=O)c1ccccc1F. The van der Waals surface area contributed by atoms with Gasteiger partial charge in [0.05, 0.1) is 21.0 Å². The van der Waals surface area contributed by atoms with Crippen molar-refractivity contribution in [2.24, 2.45) is 0 Å². The van der Waals surface area contributed by atoms with E-state index in [-0.39, 0.29) is 31.6 Å². The van der Waals surface area contributed by atoms with Gasteiger partial charge in [-0.05, 0) is 30.3 Å². The Kier molecular flexibility index (Phi) is 8.58. The van der Waals surface area contributed by atoms with Gasteiger partial charge in [-0.2, -0.15) is 13.2 Å². The van der Waals surface area contributed by atoms with Crippen molar-refractivity contribution < 1.29 is 35.6 Å². The number of nitrogens with one attached hydrogen (secondary N) is 3. The molecule has 2 rings (SSSR count). The van der Waals surface area contributed by atoms with E-state index >= 15 is 0 Å². The molecule has 0 heterocycles. The quantitative estimate of drug-likeness (QED) is 0.367. The molecular formula is C19H18ClF4N3O4S. The summed E-state index contributed by atoms with van der Waals surface area (Å²) in [6.45, 7) is -0.382. The van der Waals surface area contributed by atoms with Gasteiger partial charge in [-0.25, -0.2) is 17.5 Å². The molecule has 0 aliphatic heterocycles. The maximum absolute atomic E-state index is 13.5. The molecule has 0 unspecified atom stereocenters. The van der Waals surface area contributed by atoms with E-state index in [4.69, 9.17) is 11.6 Å². The van der Waals surface area contributed by atoms with Gasteiger partial charge in [0.15, 0.2) is 0 Å². The molecule has 2 amide bonds. The lowest BCUT2D eigenvalue weighted by atomic mass is 10.2. The Morgan fingerprint density at radius 3 is 2.28 bits per heavy atom. The van der Waals surface area contributed by atoms with E-state index in [1.165, 1.54) is 18.2 Å². The number of sulfonamides is 1. The highest BCUT2D eigenvalue weighted by Crippen LogP contribution is 2.35. The Hall–Kier alpha value is -2.70. The van der Waals surface area contributed by atoms with Crippen LogP contribution >= 0.6 is 11.6 Å². The van der Waals surface area contributed by atoms with E-state index in [9.17, 15) is 35.6 Å². The largest absolute Gasteiger partial charge is 0.417 e. The molecule has 174 valence electrons. The number of benzene rings is 2. The van der Waals surface area contributed by atoms with Gasteiger partial charge >= 0.3 is 6.18 Å². The summed E-state index contributed by atoms with van der Waals surface area (Å²) in [4.78, 5) is 22.9. The van der Waals surface area contributed by atoms with Crippen molar-refractivity contribution in [1.29, 1.82) is 0 Å². The summed E-state index contributed by atoms with van der Waals surface area (Å²) >= 11 is 5.47. The fourth-order valence-electron chi connectivity index (χ4n) is 2.48. The second-order valence-corrected chi connectivity index (χ2v) is 8.55. The van der Waals surface area contributed by atoms with Crippen LogP contribution in [-0.2, 0) is 21.0 Å². The second kappa shape index (κ2) is 10.7. The first-order chi connectivity index (χ1) is 14.9. The van der Waals surface area contributed by atoms with Crippen LogP contribution in [0.5, 0.6) is 0 Å². The average molecular weight is 496 g/mol. The molecule has 0 saturated carbocycles. The maximum atomic E-state index is 13.5. The average Bonchev–Trinajstić information content (AvgIpc) is 2.70. The molecule has 0 saturated heterocycles. The van der Waals surface area contributed by atoms with Crippen molar-refractivity contribution in [3.05, 3.63) is 64.4 Å². The van der Waals surface area contributed by atoms with Gasteiger partial charge in [-0.15, -0.1) is 0 Å². The van der Waals surface area contributed by atoms with Gasteiger partial charge in [-0.1, -0.05) is 23.7 Å². The zero-order valence-electron chi connectivity index (χ0n) is 16.3. The van der Waals surface area contributed by atoms with Gasteiger partial charge < -0.3 is 10.6 Å². The number of amides is 2. The van der Waals surface area contributed by atoms with E-state index in [2.05, 4.69) is 10.6 Å². The molecule has 0 aromatic heterocycles. The minimum atomic E-state index is -4.83. The molecule has 13 heteroatoms. The van der Waals surface area contributed by atoms with Crippen LogP contribution in [0.3, 0.4) is 0 Å². The highest BCUT2D eigenvalue weighted by atomic mass is 35.5. The third kappa shape index (κ3) is 7.18. The third-order valence-electron chi connectivity index (χ3n) is 4.05. The van der Waals surface area contributed by atoms with Crippen molar-refractivity contribution in [3.63, 3.8) is 0 Å². The van der Waals surface area contributed by atoms with Crippen LogP contribution in [-0.4, -0.2) is 39.9 Å². The fraction of sp³-hybridized carbons (Fsp3) is 0.263. The summed E-state index contributed by atoms with van der Waals surface area (Å²) in [5.41, 5.74) is -1.44. The van der Waals surface area contributed by atoms with Crippen molar-refractivity contribution in [2.45, 2.75) is 17.5 Å². The van der Waals surface area contributed by atoms with Crippen LogP contribution in [0.2, 0.25) is 5.02 Å². The Labute approximate surface area is 186 Å². The molecule has 0 radical (unpaired) electrons. The lowest BCUT2D eigenvalue weighted by molar-refractivity contribution is -0.137. The number of rotatable bonds is 9. The molecule has 7 nitrogen and oxygen atoms in total. The van der Waals surface area contributed by atoms with Crippen LogP contribution in [0, 0.1) is 5.82 Å². The van der Waals surface area contributed by atoms with Gasteiger partial charge in [0.2, 0.25) is 15.9 Å². The lowest BCUT2D eigenvalue weighted by Crippen LogP contribution is -2.36. The lowest BCUT2D eigenvalue weighted by Gasteiger charge is -2.12. The summed E-state index contributed by atoms with van der Waals surface area (Å²) in [5, 5.41) is 4.19. The molecule has 0 atom stereocenters. The van der Waals surface area contributed by atoms with Crippen LogP contribution in [0.4, 0.5) is 17.6 Å². The molecular weight excluding hydrogens is 478 g/mol. The van der Waals surface area contributed by atoms with Crippen molar-refractivity contribution in [2.75, 3.05) is 19.6 Å². The number of hydrogen-bond donors (Lipinski definition) is 3. The Bertz CT molecular complexity index is 1090. The Morgan fingerprint density at radius 2 is 1.62 bits per heavy atom. The first-order valence-corrected chi connectivity index (χ1v) is 10.9. The summed E-state index contributed by atoms with van der Waals surface area (Å²) in [7, 11) is -4.31. The summed E-state index contributed by atoms with van der Waals surface area (Å²) in [6, 6.07) is 7.50. The predicted octanol–water partition coefficient (Wildman–Crippen LogP) is 2.71. The van der Waals surface area contributed by atoms with E-state index in [1.807, 2.05) is 4.72 Å². The monoisotopic (exact) mass is 495 g/mol. The zero-order valence-corrected chi connectivity index (χ0v) is 17.9. The first-order valence-electron chi connectivity index (χ1n) is 9.07. The summed E-state index contributed by atoms with van der Waals surface area (Å²) < 4.78 is 78.5. The van der Waals surface area contributed by atoms with Gasteiger partial charge in [-0.3, -0.25) is 9.59 Å². The minimum absolute atomic E-state index is 0.00208. The number of carbonyl (C=O) groups excluding carboxylic acids is 2. The van der Waals surface area contributed by atoms with E-state index < -0.39 is 49.3 Å². The summed E-state index contributed by atoms with van der Waals surface area (Å²) in [5.74, 6) is -1.92. The van der Waals surface area contributed by atoms with Crippen LogP contribution in [0.15, 0.2) is 47.4 Å². The smallest absolute Gasteiger partial charge is 0.354 e. The standard InChI is InChI=1S/C19H18ClF4N3O4S/c20-15-6-5-12(11-14(15)19(22,23)24)32(30,31)27-8-7-17(28)25-9-10-26-18(29)13-3-1-2-4-16(13)21/h1-6,11,27H,7-10H2,(H,25,28)(H,26,29). The number of hydrogen-bond acceptors (Lipinski definition) is 4. The Balaban J connectivity index is 1.78. The van der Waals surface area contributed by atoms with Crippen molar-refractivity contribution in [3.8, 4) is 0 Å². The second-order valence-electron chi connectivity index (χ2n) is 6.37. The highest BCUT2D eigenvalue weighted by molar-refractivity contribution is 7.89. The molecule has 2 aromatic rings. The highest BCUT2D eigenvalue weighted by Gasteiger charge is 2.34. The Morgan fingerprint density at radius 1 is 0.969 bits per heavy atom. The van der Waals surface area contributed by atoms with Crippen LogP contribution in [0.25, 0.3) is 0 Å². The fourth-order valence-corrected chi connectivity index (χ4v) is 3.76. The third-order valence-corrected chi connectivity index (χ3v) is 5.84. The number of carbonyl (C=O) groups is 2. The predicted molar refractivity (Wildman–Crippen MR) is 108 cm³/mol. The van der Waals surface area contributed by atoms with E-state index in [0.717, 1.165) is 18.2 Å². The molecule has 32 heavy (non-hydrogen) atoms. The number of alkyl halides is 3. The van der Waals surface area contributed by atoms with Gasteiger partial charge in [0.1, 0.15) is 5.82 Å². The molecule has 0 fully saturated rings. The topological polar surface area (TPSA) is 104 Å². The molecule has 2 aromatic carbocycles. The van der Waals surface area contributed by atoms with Crippen molar-refractivity contribution in [1.82, 2.24) is 15.4 Å². The molecule has 0 bridgehead atoms. The summed E-state index contributed by atoms with van der Waals surface area (Å²) in [6.07, 6.45) is -5.13. The first kappa shape index (κ1) is 25.6. The van der Waals surface area contributed by atoms with Gasteiger partial charge in [0.25, 0.3) is 5.91 Å². The van der Waals surface area contributed by atoms with E-state index in [0.29, 0.717) is 6.07 Å². The normalized spacial score (nSPS) is 11.8.